The second kappa shape index (κ2) is 13.1. The summed E-state index contributed by atoms with van der Waals surface area (Å²) in [6.45, 7) is 16.7. The van der Waals surface area contributed by atoms with Crippen molar-refractivity contribution in [1.82, 2.24) is 15.5 Å². The Morgan fingerprint density at radius 1 is 1.03 bits per heavy atom. The van der Waals surface area contributed by atoms with Crippen LogP contribution in [0, 0.1) is 13.8 Å². The summed E-state index contributed by atoms with van der Waals surface area (Å²) in [5.41, 5.74) is 2.53. The van der Waals surface area contributed by atoms with Crippen LogP contribution in [-0.4, -0.2) is 52.1 Å². The molecule has 206 valence electrons. The number of aryl methyl sites for hydroxylation is 2. The molecule has 0 bridgehead atoms. The predicted molar refractivity (Wildman–Crippen MR) is 149 cm³/mol. The number of aromatic hydroxyl groups is 1. The summed E-state index contributed by atoms with van der Waals surface area (Å²) >= 11 is 0. The molecular weight excluding hydrogens is 482 g/mol. The van der Waals surface area contributed by atoms with Crippen LogP contribution in [-0.2, 0) is 20.7 Å². The van der Waals surface area contributed by atoms with E-state index < -0.39 is 29.7 Å². The van der Waals surface area contributed by atoms with Crippen LogP contribution in [0.5, 0.6) is 5.75 Å². The Bertz CT molecular complexity index is 1120. The van der Waals surface area contributed by atoms with Gasteiger partial charge in [-0.15, -0.1) is 6.58 Å². The van der Waals surface area contributed by atoms with Gasteiger partial charge in [-0.1, -0.05) is 47.5 Å². The second-order valence-electron chi connectivity index (χ2n) is 10.8. The first-order valence-corrected chi connectivity index (χ1v) is 12.8. The number of carbonyl (C=O) groups is 3. The number of rotatable bonds is 10. The first-order valence-electron chi connectivity index (χ1n) is 12.8. The molecule has 38 heavy (non-hydrogen) atoms. The third-order valence-corrected chi connectivity index (χ3v) is 5.52. The normalized spacial score (nSPS) is 12.8. The highest BCUT2D eigenvalue weighted by Gasteiger charge is 2.36. The van der Waals surface area contributed by atoms with Gasteiger partial charge >= 0.3 is 6.09 Å². The Hall–Kier alpha value is -3.81. The molecule has 0 aliphatic carbocycles. The molecule has 8 heteroatoms. The molecule has 2 unspecified atom stereocenters. The topological polar surface area (TPSA) is 108 Å². The van der Waals surface area contributed by atoms with Gasteiger partial charge in [0.05, 0.1) is 0 Å². The average molecular weight is 524 g/mol. The summed E-state index contributed by atoms with van der Waals surface area (Å²) in [6.07, 6.45) is 0.932. The molecule has 3 amide bonds. The van der Waals surface area contributed by atoms with E-state index in [-0.39, 0.29) is 30.7 Å². The predicted octanol–water partition coefficient (Wildman–Crippen LogP) is 4.73. The Balaban J connectivity index is 2.57. The molecule has 0 spiro atoms. The summed E-state index contributed by atoms with van der Waals surface area (Å²) in [5, 5.41) is 15.3. The number of phenolic OH excluding ortho intramolecular Hbond substituents is 1. The molecule has 0 heterocycles. The van der Waals surface area contributed by atoms with Gasteiger partial charge in [0.15, 0.2) is 0 Å². The second-order valence-corrected chi connectivity index (χ2v) is 10.8. The van der Waals surface area contributed by atoms with Crippen LogP contribution in [0.25, 0.3) is 0 Å². The van der Waals surface area contributed by atoms with E-state index in [9.17, 15) is 19.5 Å². The lowest BCUT2D eigenvalue weighted by Crippen LogP contribution is -2.54. The van der Waals surface area contributed by atoms with Crippen LogP contribution in [0.1, 0.15) is 62.9 Å². The van der Waals surface area contributed by atoms with Crippen LogP contribution in [0.4, 0.5) is 4.79 Å². The number of nitrogens with one attached hydrogen (secondary N) is 2. The van der Waals surface area contributed by atoms with Gasteiger partial charge in [0.2, 0.25) is 11.8 Å². The van der Waals surface area contributed by atoms with Gasteiger partial charge < -0.3 is 25.4 Å². The Morgan fingerprint density at radius 3 is 2.11 bits per heavy atom. The van der Waals surface area contributed by atoms with Crippen LogP contribution >= 0.6 is 0 Å². The van der Waals surface area contributed by atoms with E-state index in [4.69, 9.17) is 4.74 Å². The molecular formula is C30H41N3O5. The van der Waals surface area contributed by atoms with Crippen molar-refractivity contribution < 1.29 is 24.2 Å². The van der Waals surface area contributed by atoms with Crippen LogP contribution in [0.3, 0.4) is 0 Å². The number of carbonyl (C=O) groups excluding carboxylic acids is 3. The number of phenols is 1. The zero-order valence-corrected chi connectivity index (χ0v) is 23.5. The number of hydrogen-bond donors (Lipinski definition) is 3. The van der Waals surface area contributed by atoms with Gasteiger partial charge in [0.1, 0.15) is 23.4 Å². The standard InChI is InChI=1S/C30H41N3O5/c1-9-14-33(26(27(35)31-19(2)3)23-16-20(4)15-21(5)17-23)28(36)25(32-29(37)38-30(6,7)8)18-22-10-12-24(34)13-11-22/h9-13,15-17,19,25-26,34H,1,14,18H2,2-8H3,(H,31,35)(H,32,37). The monoisotopic (exact) mass is 523 g/mol. The number of ether oxygens (including phenoxy) is 1. The van der Waals surface area contributed by atoms with E-state index in [0.717, 1.165) is 11.1 Å². The van der Waals surface area contributed by atoms with Gasteiger partial charge in [-0.05, 0) is 71.7 Å². The molecule has 0 aliphatic rings. The number of alkyl carbamates (subject to hydrolysis) is 1. The van der Waals surface area contributed by atoms with Crippen LogP contribution in [0.2, 0.25) is 0 Å². The van der Waals surface area contributed by atoms with Crippen molar-refractivity contribution >= 4 is 17.9 Å². The molecule has 2 rings (SSSR count). The average Bonchev–Trinajstić information content (AvgIpc) is 2.77. The SMILES string of the molecule is C=CCN(C(=O)C(Cc1ccc(O)cc1)NC(=O)OC(C)(C)C)C(C(=O)NC(C)C)c1cc(C)cc(C)c1. The number of benzene rings is 2. The minimum Gasteiger partial charge on any atom is -0.508 e. The van der Waals surface area contributed by atoms with Crippen molar-refractivity contribution in [2.24, 2.45) is 0 Å². The third-order valence-electron chi connectivity index (χ3n) is 5.52. The lowest BCUT2D eigenvalue weighted by molar-refractivity contribution is -0.142. The summed E-state index contributed by atoms with van der Waals surface area (Å²) in [4.78, 5) is 41.9. The summed E-state index contributed by atoms with van der Waals surface area (Å²) in [7, 11) is 0. The van der Waals surface area contributed by atoms with Crippen molar-refractivity contribution in [2.45, 2.75) is 78.6 Å². The summed E-state index contributed by atoms with van der Waals surface area (Å²) < 4.78 is 5.43. The molecule has 0 radical (unpaired) electrons. The maximum Gasteiger partial charge on any atom is 0.408 e. The van der Waals surface area contributed by atoms with E-state index in [1.54, 1.807) is 39.0 Å². The van der Waals surface area contributed by atoms with E-state index in [1.807, 2.05) is 45.9 Å². The third kappa shape index (κ3) is 9.25. The highest BCUT2D eigenvalue weighted by Crippen LogP contribution is 2.26. The molecule has 0 fully saturated rings. The number of amides is 3. The van der Waals surface area contributed by atoms with Gasteiger partial charge in [-0.25, -0.2) is 4.79 Å². The number of hydrogen-bond acceptors (Lipinski definition) is 5. The Morgan fingerprint density at radius 2 is 1.61 bits per heavy atom. The van der Waals surface area contributed by atoms with Crippen LogP contribution < -0.4 is 10.6 Å². The van der Waals surface area contributed by atoms with Crippen molar-refractivity contribution in [2.75, 3.05) is 6.54 Å². The van der Waals surface area contributed by atoms with Crippen molar-refractivity contribution in [3.63, 3.8) is 0 Å². The quantitative estimate of drug-likeness (QED) is 0.391. The minimum absolute atomic E-state index is 0.0735. The van der Waals surface area contributed by atoms with Crippen molar-refractivity contribution in [3.8, 4) is 5.75 Å². The number of nitrogens with zero attached hydrogens (tertiary/aromatic N) is 1. The van der Waals surface area contributed by atoms with Gasteiger partial charge in [0.25, 0.3) is 0 Å². The maximum absolute atomic E-state index is 14.2. The molecule has 2 atom stereocenters. The fourth-order valence-electron chi connectivity index (χ4n) is 4.18. The lowest BCUT2D eigenvalue weighted by atomic mass is 9.97. The largest absolute Gasteiger partial charge is 0.508 e. The minimum atomic E-state index is -1.05. The molecule has 0 aliphatic heterocycles. The van der Waals surface area contributed by atoms with Gasteiger partial charge in [0, 0.05) is 19.0 Å². The molecule has 0 saturated heterocycles. The Labute approximate surface area is 226 Å². The summed E-state index contributed by atoms with van der Waals surface area (Å²) in [5.74, 6) is -0.710. The van der Waals surface area contributed by atoms with Crippen LogP contribution in [0.15, 0.2) is 55.1 Å². The smallest absolute Gasteiger partial charge is 0.408 e. The first-order chi connectivity index (χ1) is 17.7. The summed E-state index contributed by atoms with van der Waals surface area (Å²) in [6, 6.07) is 10.0. The zero-order valence-electron chi connectivity index (χ0n) is 23.5. The van der Waals surface area contributed by atoms with E-state index >= 15 is 0 Å². The zero-order chi connectivity index (χ0) is 28.6. The van der Waals surface area contributed by atoms with E-state index in [0.29, 0.717) is 11.1 Å². The molecule has 2 aromatic carbocycles. The van der Waals surface area contributed by atoms with Gasteiger partial charge in [-0.2, -0.15) is 0 Å². The fourth-order valence-corrected chi connectivity index (χ4v) is 4.18. The van der Waals surface area contributed by atoms with Crippen molar-refractivity contribution in [1.29, 1.82) is 0 Å². The molecule has 8 nitrogen and oxygen atoms in total. The Kier molecular flexibility index (Phi) is 10.5. The van der Waals surface area contributed by atoms with Gasteiger partial charge in [-0.3, -0.25) is 9.59 Å². The molecule has 2 aromatic rings. The maximum atomic E-state index is 14.2. The molecule has 0 aromatic heterocycles. The fraction of sp³-hybridized carbons (Fsp3) is 0.433. The molecule has 0 saturated carbocycles. The first kappa shape index (κ1) is 30.4. The molecule has 3 N–H and O–H groups in total. The van der Waals surface area contributed by atoms with E-state index in [1.165, 1.54) is 17.0 Å². The lowest BCUT2D eigenvalue weighted by Gasteiger charge is -2.34. The van der Waals surface area contributed by atoms with E-state index in [2.05, 4.69) is 17.2 Å². The highest BCUT2D eigenvalue weighted by atomic mass is 16.6. The van der Waals surface area contributed by atoms with Crippen molar-refractivity contribution in [3.05, 3.63) is 77.4 Å². The highest BCUT2D eigenvalue weighted by molar-refractivity contribution is 5.92.